The SMILES string of the molecule is CCN(CC1CCNCC1)c1ccncn1. The van der Waals surface area contributed by atoms with Crippen LogP contribution in [0, 0.1) is 5.92 Å². The molecule has 1 aromatic rings. The fourth-order valence-electron chi connectivity index (χ4n) is 2.23. The van der Waals surface area contributed by atoms with E-state index in [9.17, 15) is 0 Å². The van der Waals surface area contributed by atoms with E-state index in [1.807, 2.05) is 12.3 Å². The highest BCUT2D eigenvalue weighted by Crippen LogP contribution is 2.17. The third-order valence-corrected chi connectivity index (χ3v) is 3.21. The molecule has 1 saturated heterocycles. The number of rotatable bonds is 4. The van der Waals surface area contributed by atoms with Crippen molar-refractivity contribution in [3.63, 3.8) is 0 Å². The lowest BCUT2D eigenvalue weighted by atomic mass is 9.97. The minimum Gasteiger partial charge on any atom is -0.357 e. The standard InChI is InChI=1S/C12H20N4/c1-2-16(12-5-8-14-10-15-12)9-11-3-6-13-7-4-11/h5,8,10-11,13H,2-4,6-7,9H2,1H3. The van der Waals surface area contributed by atoms with Crippen molar-refractivity contribution in [1.82, 2.24) is 15.3 Å². The Morgan fingerprint density at radius 2 is 2.25 bits per heavy atom. The zero-order valence-corrected chi connectivity index (χ0v) is 9.89. The van der Waals surface area contributed by atoms with Crippen molar-refractivity contribution < 1.29 is 0 Å². The molecule has 4 heteroatoms. The first-order valence-corrected chi connectivity index (χ1v) is 6.12. The summed E-state index contributed by atoms with van der Waals surface area (Å²) in [7, 11) is 0. The molecule has 0 atom stereocenters. The molecule has 1 N–H and O–H groups in total. The minimum atomic E-state index is 0.802. The number of piperidine rings is 1. The van der Waals surface area contributed by atoms with Crippen LogP contribution in [-0.4, -0.2) is 36.1 Å². The maximum Gasteiger partial charge on any atom is 0.131 e. The number of anilines is 1. The molecule has 88 valence electrons. The third-order valence-electron chi connectivity index (χ3n) is 3.21. The summed E-state index contributed by atoms with van der Waals surface area (Å²) in [6.45, 7) is 6.64. The number of hydrogen-bond acceptors (Lipinski definition) is 4. The first-order valence-electron chi connectivity index (χ1n) is 6.12. The van der Waals surface area contributed by atoms with E-state index in [1.165, 1.54) is 12.8 Å². The molecule has 0 aromatic carbocycles. The van der Waals surface area contributed by atoms with E-state index < -0.39 is 0 Å². The average Bonchev–Trinajstić information content (AvgIpc) is 2.38. The molecule has 1 fully saturated rings. The van der Waals surface area contributed by atoms with Crippen molar-refractivity contribution in [2.45, 2.75) is 19.8 Å². The van der Waals surface area contributed by atoms with Crippen LogP contribution in [0.4, 0.5) is 5.82 Å². The first kappa shape index (κ1) is 11.3. The van der Waals surface area contributed by atoms with Crippen molar-refractivity contribution in [3.8, 4) is 0 Å². The van der Waals surface area contributed by atoms with Crippen LogP contribution in [0.3, 0.4) is 0 Å². The van der Waals surface area contributed by atoms with Crippen molar-refractivity contribution in [1.29, 1.82) is 0 Å². The van der Waals surface area contributed by atoms with E-state index in [0.29, 0.717) is 0 Å². The van der Waals surface area contributed by atoms with Gasteiger partial charge in [-0.15, -0.1) is 0 Å². The Kier molecular flexibility index (Phi) is 4.10. The molecule has 0 bridgehead atoms. The quantitative estimate of drug-likeness (QED) is 0.830. The topological polar surface area (TPSA) is 41.0 Å². The summed E-state index contributed by atoms with van der Waals surface area (Å²) >= 11 is 0. The zero-order valence-electron chi connectivity index (χ0n) is 9.89. The van der Waals surface area contributed by atoms with Gasteiger partial charge in [0.2, 0.25) is 0 Å². The van der Waals surface area contributed by atoms with Crippen molar-refractivity contribution >= 4 is 5.82 Å². The molecule has 2 rings (SSSR count). The Balaban J connectivity index is 1.94. The Morgan fingerprint density at radius 1 is 1.44 bits per heavy atom. The van der Waals surface area contributed by atoms with Crippen LogP contribution in [-0.2, 0) is 0 Å². The van der Waals surface area contributed by atoms with Gasteiger partial charge < -0.3 is 10.2 Å². The second-order valence-electron chi connectivity index (χ2n) is 4.30. The number of hydrogen-bond donors (Lipinski definition) is 1. The second-order valence-corrected chi connectivity index (χ2v) is 4.30. The van der Waals surface area contributed by atoms with Gasteiger partial charge in [0, 0.05) is 19.3 Å². The summed E-state index contributed by atoms with van der Waals surface area (Å²) in [5, 5.41) is 3.40. The lowest BCUT2D eigenvalue weighted by Crippen LogP contribution is -2.36. The molecule has 4 nitrogen and oxygen atoms in total. The van der Waals surface area contributed by atoms with E-state index in [4.69, 9.17) is 0 Å². The summed E-state index contributed by atoms with van der Waals surface area (Å²) in [6.07, 6.45) is 6.00. The maximum absolute atomic E-state index is 4.31. The molecule has 0 spiro atoms. The van der Waals surface area contributed by atoms with Crippen LogP contribution < -0.4 is 10.2 Å². The molecule has 1 aromatic heterocycles. The molecular formula is C12H20N4. The molecule has 1 aliphatic rings. The molecule has 2 heterocycles. The summed E-state index contributed by atoms with van der Waals surface area (Å²) in [4.78, 5) is 10.6. The number of nitrogens with zero attached hydrogens (tertiary/aromatic N) is 3. The van der Waals surface area contributed by atoms with Crippen LogP contribution in [0.25, 0.3) is 0 Å². The zero-order chi connectivity index (χ0) is 11.2. The van der Waals surface area contributed by atoms with Gasteiger partial charge in [-0.1, -0.05) is 0 Å². The minimum absolute atomic E-state index is 0.802. The summed E-state index contributed by atoms with van der Waals surface area (Å²) in [5.41, 5.74) is 0. The van der Waals surface area contributed by atoms with Crippen molar-refractivity contribution in [3.05, 3.63) is 18.6 Å². The van der Waals surface area contributed by atoms with Gasteiger partial charge in [-0.25, -0.2) is 9.97 Å². The van der Waals surface area contributed by atoms with E-state index >= 15 is 0 Å². The largest absolute Gasteiger partial charge is 0.357 e. The van der Waals surface area contributed by atoms with E-state index in [1.54, 1.807) is 6.33 Å². The fraction of sp³-hybridized carbons (Fsp3) is 0.667. The molecule has 0 amide bonds. The smallest absolute Gasteiger partial charge is 0.131 e. The van der Waals surface area contributed by atoms with E-state index in [0.717, 1.165) is 37.9 Å². The predicted octanol–water partition coefficient (Wildman–Crippen LogP) is 1.30. The van der Waals surface area contributed by atoms with Crippen molar-refractivity contribution in [2.75, 3.05) is 31.1 Å². The van der Waals surface area contributed by atoms with E-state index in [-0.39, 0.29) is 0 Å². The van der Waals surface area contributed by atoms with Gasteiger partial charge in [0.25, 0.3) is 0 Å². The van der Waals surface area contributed by atoms with Gasteiger partial charge in [0.1, 0.15) is 12.1 Å². The fourth-order valence-corrected chi connectivity index (χ4v) is 2.23. The van der Waals surface area contributed by atoms with Crippen LogP contribution >= 0.6 is 0 Å². The Hall–Kier alpha value is -1.16. The van der Waals surface area contributed by atoms with Gasteiger partial charge in [-0.2, -0.15) is 0 Å². The molecule has 1 aliphatic heterocycles. The highest BCUT2D eigenvalue weighted by Gasteiger charge is 2.16. The highest BCUT2D eigenvalue weighted by molar-refractivity contribution is 5.36. The van der Waals surface area contributed by atoms with Gasteiger partial charge in [0.15, 0.2) is 0 Å². The molecule has 0 saturated carbocycles. The molecule has 0 aliphatic carbocycles. The third kappa shape index (κ3) is 2.92. The van der Waals surface area contributed by atoms with Gasteiger partial charge in [-0.05, 0) is 44.8 Å². The number of aromatic nitrogens is 2. The van der Waals surface area contributed by atoms with Crippen LogP contribution in [0.2, 0.25) is 0 Å². The maximum atomic E-state index is 4.31. The average molecular weight is 220 g/mol. The lowest BCUT2D eigenvalue weighted by Gasteiger charge is -2.29. The van der Waals surface area contributed by atoms with Crippen molar-refractivity contribution in [2.24, 2.45) is 5.92 Å². The number of nitrogens with one attached hydrogen (secondary N) is 1. The Labute approximate surface area is 97.1 Å². The Bertz CT molecular complexity index is 295. The molecule has 0 radical (unpaired) electrons. The lowest BCUT2D eigenvalue weighted by molar-refractivity contribution is 0.374. The molecule has 0 unspecified atom stereocenters. The highest BCUT2D eigenvalue weighted by atomic mass is 15.2. The van der Waals surface area contributed by atoms with E-state index in [2.05, 4.69) is 27.1 Å². The summed E-state index contributed by atoms with van der Waals surface area (Å²) in [6, 6.07) is 1.99. The van der Waals surface area contributed by atoms with Gasteiger partial charge in [0.05, 0.1) is 0 Å². The monoisotopic (exact) mass is 220 g/mol. The normalized spacial score (nSPS) is 17.3. The van der Waals surface area contributed by atoms with Gasteiger partial charge in [-0.3, -0.25) is 0 Å². The molecule has 16 heavy (non-hydrogen) atoms. The summed E-state index contributed by atoms with van der Waals surface area (Å²) < 4.78 is 0. The predicted molar refractivity (Wildman–Crippen MR) is 65.5 cm³/mol. The van der Waals surface area contributed by atoms with Crippen LogP contribution in [0.1, 0.15) is 19.8 Å². The first-order chi connectivity index (χ1) is 7.90. The summed E-state index contributed by atoms with van der Waals surface area (Å²) in [5.74, 6) is 1.85. The van der Waals surface area contributed by atoms with Gasteiger partial charge >= 0.3 is 0 Å². The molecular weight excluding hydrogens is 200 g/mol. The van der Waals surface area contributed by atoms with Crippen LogP contribution in [0.5, 0.6) is 0 Å². The second kappa shape index (κ2) is 5.80. The Morgan fingerprint density at radius 3 is 2.88 bits per heavy atom. The van der Waals surface area contributed by atoms with Crippen LogP contribution in [0.15, 0.2) is 18.6 Å².